The summed E-state index contributed by atoms with van der Waals surface area (Å²) in [5.74, 6) is 0.0721. The predicted octanol–water partition coefficient (Wildman–Crippen LogP) is 4.15. The molecule has 0 radical (unpaired) electrons. The van der Waals surface area contributed by atoms with Crippen LogP contribution >= 0.6 is 0 Å². The van der Waals surface area contributed by atoms with E-state index in [0.29, 0.717) is 24.4 Å². The Morgan fingerprint density at radius 3 is 2.48 bits per heavy atom. The number of ether oxygens (including phenoxy) is 2. The molecule has 0 N–H and O–H groups in total. The number of aromatic nitrogens is 3. The first-order chi connectivity index (χ1) is 15.0. The molecular weight excluding hydrogens is 394 g/mol. The molecule has 0 saturated heterocycles. The number of hydrogen-bond acceptors (Lipinski definition) is 5. The molecule has 0 aliphatic heterocycles. The van der Waals surface area contributed by atoms with Gasteiger partial charge in [0.05, 0.1) is 30.3 Å². The topological polar surface area (TPSA) is 75.4 Å². The summed E-state index contributed by atoms with van der Waals surface area (Å²) in [4.78, 5) is 29.0. The Hall–Kier alpha value is -3.87. The number of fused-ring (bicyclic) bond motifs is 1. The summed E-state index contributed by atoms with van der Waals surface area (Å²) in [5.41, 5.74) is 4.39. The summed E-state index contributed by atoms with van der Waals surface area (Å²) >= 11 is 0. The lowest BCUT2D eigenvalue weighted by molar-refractivity contribution is 0.0527. The summed E-state index contributed by atoms with van der Waals surface area (Å²) in [6.07, 6.45) is 1.82. The zero-order valence-electron chi connectivity index (χ0n) is 17.7. The number of nitrogens with zero attached hydrogens (tertiary/aromatic N) is 3. The monoisotopic (exact) mass is 417 g/mol. The maximum atomic E-state index is 12.5. The molecule has 0 bridgehead atoms. The Balaban J connectivity index is 1.68. The average molecular weight is 417 g/mol. The van der Waals surface area contributed by atoms with Crippen molar-refractivity contribution in [2.45, 2.75) is 20.4 Å². The van der Waals surface area contributed by atoms with Crippen molar-refractivity contribution in [3.05, 3.63) is 83.4 Å². The Kier molecular flexibility index (Phi) is 5.58. The van der Waals surface area contributed by atoms with E-state index >= 15 is 0 Å². The second-order valence-electron chi connectivity index (χ2n) is 7.06. The van der Waals surface area contributed by atoms with Crippen LogP contribution in [0.3, 0.4) is 0 Å². The van der Waals surface area contributed by atoms with E-state index < -0.39 is 0 Å². The minimum absolute atomic E-state index is 0.316. The first kappa shape index (κ1) is 20.4. The molecule has 0 fully saturated rings. The fraction of sp³-hybridized carbons (Fsp3) is 0.208. The van der Waals surface area contributed by atoms with Gasteiger partial charge in [0.2, 0.25) is 0 Å². The molecule has 0 saturated carbocycles. The molecule has 7 nitrogen and oxygen atoms in total. The number of para-hydroxylation sites is 1. The average Bonchev–Trinajstić information content (AvgIpc) is 3.39. The van der Waals surface area contributed by atoms with Gasteiger partial charge in [-0.2, -0.15) is 0 Å². The standard InChI is InChI=1S/C24H23N3O4/c1-4-31-23(28)19-7-5-8-20-22(19)27(16(2)25-20)15-17-10-12-18(13-11-17)26-14-6-9-21(26)24(29)30-3/h5-14H,4,15H2,1-3H3. The lowest BCUT2D eigenvalue weighted by atomic mass is 10.1. The fourth-order valence-corrected chi connectivity index (χ4v) is 3.69. The first-order valence-corrected chi connectivity index (χ1v) is 10.0. The van der Waals surface area contributed by atoms with E-state index in [9.17, 15) is 9.59 Å². The van der Waals surface area contributed by atoms with Crippen molar-refractivity contribution in [2.24, 2.45) is 0 Å². The van der Waals surface area contributed by atoms with Gasteiger partial charge in [-0.05, 0) is 55.8 Å². The van der Waals surface area contributed by atoms with Crippen molar-refractivity contribution in [2.75, 3.05) is 13.7 Å². The number of rotatable bonds is 6. The highest BCUT2D eigenvalue weighted by molar-refractivity contribution is 6.02. The van der Waals surface area contributed by atoms with Crippen LogP contribution in [0.25, 0.3) is 16.7 Å². The van der Waals surface area contributed by atoms with Crippen molar-refractivity contribution in [1.29, 1.82) is 0 Å². The van der Waals surface area contributed by atoms with E-state index in [4.69, 9.17) is 9.47 Å². The fourth-order valence-electron chi connectivity index (χ4n) is 3.69. The van der Waals surface area contributed by atoms with Crippen LogP contribution in [0.2, 0.25) is 0 Å². The van der Waals surface area contributed by atoms with Crippen molar-refractivity contribution in [1.82, 2.24) is 14.1 Å². The number of hydrogen-bond donors (Lipinski definition) is 0. The molecule has 0 atom stereocenters. The Bertz CT molecular complexity index is 1250. The number of aryl methyl sites for hydroxylation is 1. The van der Waals surface area contributed by atoms with E-state index in [1.54, 1.807) is 29.7 Å². The molecule has 4 rings (SSSR count). The lowest BCUT2D eigenvalue weighted by Gasteiger charge is -2.12. The largest absolute Gasteiger partial charge is 0.464 e. The Labute approximate surface area is 179 Å². The number of benzene rings is 2. The van der Waals surface area contributed by atoms with Gasteiger partial charge in [0, 0.05) is 18.4 Å². The molecule has 2 heterocycles. The second kappa shape index (κ2) is 8.47. The summed E-state index contributed by atoms with van der Waals surface area (Å²) in [7, 11) is 1.37. The quantitative estimate of drug-likeness (QED) is 0.441. The van der Waals surface area contributed by atoms with Crippen molar-refractivity contribution < 1.29 is 19.1 Å². The molecule has 0 unspecified atom stereocenters. The van der Waals surface area contributed by atoms with Crippen LogP contribution in [0.4, 0.5) is 0 Å². The van der Waals surface area contributed by atoms with Crippen LogP contribution in [0, 0.1) is 6.92 Å². The number of methoxy groups -OCH3 is 1. The molecule has 158 valence electrons. The van der Waals surface area contributed by atoms with Gasteiger partial charge in [-0.15, -0.1) is 0 Å². The highest BCUT2D eigenvalue weighted by atomic mass is 16.5. The SMILES string of the molecule is CCOC(=O)c1cccc2nc(C)n(Cc3ccc(-n4cccc4C(=O)OC)cc3)c12. The number of carbonyl (C=O) groups is 2. The van der Waals surface area contributed by atoms with E-state index in [1.807, 2.05) is 54.1 Å². The normalized spacial score (nSPS) is 10.9. The molecule has 2 aromatic heterocycles. The summed E-state index contributed by atoms with van der Waals surface area (Å²) < 4.78 is 13.9. The molecule has 2 aromatic carbocycles. The summed E-state index contributed by atoms with van der Waals surface area (Å²) in [6, 6.07) is 16.9. The van der Waals surface area contributed by atoms with Gasteiger partial charge in [0.1, 0.15) is 11.5 Å². The van der Waals surface area contributed by atoms with Gasteiger partial charge in [-0.25, -0.2) is 14.6 Å². The number of esters is 2. The van der Waals surface area contributed by atoms with Crippen LogP contribution in [0.15, 0.2) is 60.8 Å². The van der Waals surface area contributed by atoms with Crippen molar-refractivity contribution in [3.63, 3.8) is 0 Å². The highest BCUT2D eigenvalue weighted by Gasteiger charge is 2.18. The molecule has 0 aliphatic carbocycles. The van der Waals surface area contributed by atoms with E-state index in [1.165, 1.54) is 7.11 Å². The van der Waals surface area contributed by atoms with Crippen LogP contribution in [0.1, 0.15) is 39.2 Å². The minimum atomic E-state index is -0.388. The van der Waals surface area contributed by atoms with Gasteiger partial charge < -0.3 is 18.6 Å². The zero-order valence-corrected chi connectivity index (χ0v) is 17.7. The maximum absolute atomic E-state index is 12.5. The zero-order chi connectivity index (χ0) is 22.0. The third-order valence-corrected chi connectivity index (χ3v) is 5.15. The van der Waals surface area contributed by atoms with E-state index in [-0.39, 0.29) is 11.9 Å². The van der Waals surface area contributed by atoms with Crippen LogP contribution < -0.4 is 0 Å². The van der Waals surface area contributed by atoms with Gasteiger partial charge in [0.15, 0.2) is 0 Å². The third-order valence-electron chi connectivity index (χ3n) is 5.15. The Morgan fingerprint density at radius 1 is 1.00 bits per heavy atom. The van der Waals surface area contributed by atoms with E-state index in [0.717, 1.165) is 28.1 Å². The minimum Gasteiger partial charge on any atom is -0.464 e. The Morgan fingerprint density at radius 2 is 1.77 bits per heavy atom. The molecular formula is C24H23N3O4. The lowest BCUT2D eigenvalue weighted by Crippen LogP contribution is -2.10. The molecule has 4 aromatic rings. The molecule has 7 heteroatoms. The summed E-state index contributed by atoms with van der Waals surface area (Å²) in [6.45, 7) is 4.58. The second-order valence-corrected chi connectivity index (χ2v) is 7.06. The van der Waals surface area contributed by atoms with Gasteiger partial charge in [-0.1, -0.05) is 18.2 Å². The van der Waals surface area contributed by atoms with Crippen molar-refractivity contribution in [3.8, 4) is 5.69 Å². The van der Waals surface area contributed by atoms with Gasteiger partial charge in [0.25, 0.3) is 0 Å². The van der Waals surface area contributed by atoms with Crippen LogP contribution in [-0.2, 0) is 16.0 Å². The molecule has 0 amide bonds. The number of imidazole rings is 1. The van der Waals surface area contributed by atoms with Crippen LogP contribution in [0.5, 0.6) is 0 Å². The first-order valence-electron chi connectivity index (χ1n) is 10.0. The highest BCUT2D eigenvalue weighted by Crippen LogP contribution is 2.23. The van der Waals surface area contributed by atoms with E-state index in [2.05, 4.69) is 4.98 Å². The smallest absolute Gasteiger partial charge is 0.355 e. The molecule has 31 heavy (non-hydrogen) atoms. The molecule has 0 aliphatic rings. The van der Waals surface area contributed by atoms with Crippen molar-refractivity contribution >= 4 is 23.0 Å². The van der Waals surface area contributed by atoms with Gasteiger partial charge in [-0.3, -0.25) is 0 Å². The maximum Gasteiger partial charge on any atom is 0.355 e. The van der Waals surface area contributed by atoms with Gasteiger partial charge >= 0.3 is 11.9 Å². The number of carbonyl (C=O) groups excluding carboxylic acids is 2. The molecule has 0 spiro atoms. The summed E-state index contributed by atoms with van der Waals surface area (Å²) in [5, 5.41) is 0. The van der Waals surface area contributed by atoms with Crippen LogP contribution in [-0.4, -0.2) is 39.8 Å². The predicted molar refractivity (Wildman–Crippen MR) is 117 cm³/mol. The third kappa shape index (κ3) is 3.82.